The molecule has 0 radical (unpaired) electrons. The van der Waals surface area contributed by atoms with Crippen molar-refractivity contribution in [3.05, 3.63) is 0 Å². The maximum atomic E-state index is 13.5. The molecule has 8 unspecified atom stereocenters. The van der Waals surface area contributed by atoms with E-state index in [0.717, 1.165) is 7.11 Å². The van der Waals surface area contributed by atoms with Gasteiger partial charge in [0.05, 0.1) is 13.2 Å². The molecule has 31 heavy (non-hydrogen) atoms. The van der Waals surface area contributed by atoms with Gasteiger partial charge in [-0.15, -0.1) is 0 Å². The smallest absolute Gasteiger partial charge is 0.382 e. The highest BCUT2D eigenvalue weighted by Gasteiger charge is 2.37. The zero-order valence-corrected chi connectivity index (χ0v) is 20.3. The molecule has 0 aromatic carbocycles. The quantitative estimate of drug-likeness (QED) is 0.194. The van der Waals surface area contributed by atoms with Gasteiger partial charge in [0.1, 0.15) is 53.5 Å². The van der Waals surface area contributed by atoms with E-state index in [-0.39, 0.29) is 12.6 Å². The third kappa shape index (κ3) is 13.4. The Bertz CT molecular complexity index is 590. The topological polar surface area (TPSA) is 139 Å². The lowest BCUT2D eigenvalue weighted by atomic mass is 10.0. The second-order valence-corrected chi connectivity index (χ2v) is 9.83. The van der Waals surface area contributed by atoms with Gasteiger partial charge in [0.2, 0.25) is 0 Å². The number of phosphoric acid groups is 2. The van der Waals surface area contributed by atoms with Gasteiger partial charge in [-0.2, -0.15) is 0 Å². The Balaban J connectivity index is 5.30. The first-order valence-corrected chi connectivity index (χ1v) is 12.4. The fraction of sp³-hybridized carbons (Fsp3) is 1.00. The van der Waals surface area contributed by atoms with E-state index in [9.17, 15) is 27.7 Å². The van der Waals surface area contributed by atoms with Gasteiger partial charge in [0, 0.05) is 26.2 Å². The Morgan fingerprint density at radius 3 is 1.58 bits per heavy atom. The maximum Gasteiger partial charge on any atom is 0.472 e. The Morgan fingerprint density at radius 2 is 1.23 bits per heavy atom. The van der Waals surface area contributed by atoms with Crippen LogP contribution in [0.15, 0.2) is 0 Å². The van der Waals surface area contributed by atoms with Crippen molar-refractivity contribution in [2.24, 2.45) is 0 Å². The molecule has 0 saturated carbocycles. The lowest BCUT2D eigenvalue weighted by Crippen LogP contribution is -2.40. The number of hydrogen-bond donors (Lipinski definition) is 2. The van der Waals surface area contributed by atoms with Gasteiger partial charge in [-0.3, -0.25) is 18.1 Å². The molecule has 0 aliphatic rings. The minimum absolute atomic E-state index is 0.119. The molecule has 0 aromatic heterocycles. The maximum absolute atomic E-state index is 13.5. The van der Waals surface area contributed by atoms with E-state index < -0.39 is 66.0 Å². The molecule has 184 valence electrons. The number of ether oxygens (including phenoxy) is 3. The summed E-state index contributed by atoms with van der Waals surface area (Å²) in [7, 11) is -4.00. The van der Waals surface area contributed by atoms with Crippen LogP contribution in [-0.2, 0) is 41.4 Å². The fourth-order valence-electron chi connectivity index (χ4n) is 2.31. The largest absolute Gasteiger partial charge is 0.472 e. The van der Waals surface area contributed by atoms with Crippen molar-refractivity contribution in [2.75, 3.05) is 40.8 Å². The molecule has 17 heteroatoms. The first kappa shape index (κ1) is 31.1. The zero-order valence-electron chi connectivity index (χ0n) is 18.5. The summed E-state index contributed by atoms with van der Waals surface area (Å²) in [5.41, 5.74) is 0. The van der Waals surface area contributed by atoms with Crippen molar-refractivity contribution in [3.8, 4) is 0 Å². The monoisotopic (exact) mass is 498 g/mol. The Morgan fingerprint density at radius 1 is 0.806 bits per heavy atom. The molecule has 8 atom stereocenters. The van der Waals surface area contributed by atoms with Crippen LogP contribution in [0.3, 0.4) is 0 Å². The van der Waals surface area contributed by atoms with E-state index in [1.165, 1.54) is 7.11 Å². The van der Waals surface area contributed by atoms with Gasteiger partial charge in [-0.25, -0.2) is 17.9 Å². The van der Waals surface area contributed by atoms with Crippen LogP contribution in [-0.4, -0.2) is 103 Å². The zero-order chi connectivity index (χ0) is 24.2. The summed E-state index contributed by atoms with van der Waals surface area (Å²) in [6.45, 7) is -0.119. The number of methoxy groups -OCH3 is 1. The molecule has 0 heterocycles. The lowest BCUT2D eigenvalue weighted by molar-refractivity contribution is -0.0936. The summed E-state index contributed by atoms with van der Waals surface area (Å²) in [6, 6.07) is -0.881. The number of hydrogen-bond acceptors (Lipinski definition) is 9. The molecule has 0 aliphatic carbocycles. The van der Waals surface area contributed by atoms with Crippen LogP contribution in [0.4, 0.5) is 8.78 Å². The minimum atomic E-state index is -4.89. The van der Waals surface area contributed by atoms with Crippen LogP contribution in [0.1, 0.15) is 13.8 Å². The molecule has 0 spiro atoms. The highest BCUT2D eigenvalue weighted by Crippen LogP contribution is 2.47. The summed E-state index contributed by atoms with van der Waals surface area (Å²) in [5.74, 6) is 0. The molecule has 2 N–H and O–H groups in total. The van der Waals surface area contributed by atoms with E-state index in [0.29, 0.717) is 0 Å². The normalized spacial score (nSPS) is 21.9. The van der Waals surface area contributed by atoms with E-state index in [4.69, 9.17) is 23.3 Å². The number of alkyl halides is 2. The van der Waals surface area contributed by atoms with E-state index >= 15 is 0 Å². The van der Waals surface area contributed by atoms with Crippen LogP contribution in [0.25, 0.3) is 0 Å². The SMILES string of the molecule is BC(C)OC(COP(=O)(O)OC(CF)C(COC)OC(B)C)C(CF)OP(=O)(O)OC. The molecule has 0 fully saturated rings. The van der Waals surface area contributed by atoms with Crippen molar-refractivity contribution in [3.63, 3.8) is 0 Å². The Labute approximate surface area is 183 Å². The Hall–Kier alpha value is 0.0899. The molecular weight excluding hydrogens is 466 g/mol. The second kappa shape index (κ2) is 15.1. The van der Waals surface area contributed by atoms with Crippen LogP contribution >= 0.6 is 15.6 Å². The van der Waals surface area contributed by atoms with Gasteiger partial charge < -0.3 is 24.0 Å². The fourth-order valence-corrected chi connectivity index (χ4v) is 3.86. The molecular formula is C14H32B2F2O11P2. The van der Waals surface area contributed by atoms with E-state index in [2.05, 4.69) is 9.05 Å². The second-order valence-electron chi connectivity index (χ2n) is 6.91. The molecule has 0 aromatic rings. The molecule has 0 rings (SSSR count). The predicted molar refractivity (Wildman–Crippen MR) is 112 cm³/mol. The van der Waals surface area contributed by atoms with E-state index in [1.807, 2.05) is 0 Å². The summed E-state index contributed by atoms with van der Waals surface area (Å²) in [6.07, 6.45) is -5.57. The van der Waals surface area contributed by atoms with E-state index in [1.54, 1.807) is 29.5 Å². The summed E-state index contributed by atoms with van der Waals surface area (Å²) >= 11 is 0. The predicted octanol–water partition coefficient (Wildman–Crippen LogP) is -0.0654. The summed E-state index contributed by atoms with van der Waals surface area (Å²) < 4.78 is 85.2. The summed E-state index contributed by atoms with van der Waals surface area (Å²) in [4.78, 5) is 19.4. The van der Waals surface area contributed by atoms with Crippen LogP contribution in [0, 0.1) is 0 Å². The molecule has 11 nitrogen and oxygen atoms in total. The highest BCUT2D eigenvalue weighted by atomic mass is 31.2. The van der Waals surface area contributed by atoms with Gasteiger partial charge in [0.25, 0.3) is 0 Å². The van der Waals surface area contributed by atoms with Crippen LogP contribution < -0.4 is 0 Å². The van der Waals surface area contributed by atoms with Crippen molar-refractivity contribution >= 4 is 31.3 Å². The van der Waals surface area contributed by atoms with Gasteiger partial charge in [0.15, 0.2) is 0 Å². The standard InChI is InChI=1S/C14H32B2F2O11P2/c1-9(15)26-13(7-23-3)11(5-17)29-31(21,22)25-8-14(27-10(2)16)12(6-18)28-30(19,20)24-4/h9-14H,5-8,15-16H2,1-4H3,(H,19,20)(H,21,22). The van der Waals surface area contributed by atoms with Crippen LogP contribution in [0.2, 0.25) is 0 Å². The van der Waals surface area contributed by atoms with Crippen molar-refractivity contribution in [1.82, 2.24) is 0 Å². The molecule has 0 bridgehead atoms. The number of phosphoric ester groups is 2. The number of halogens is 2. The molecule has 0 saturated heterocycles. The van der Waals surface area contributed by atoms with Gasteiger partial charge >= 0.3 is 15.6 Å². The van der Waals surface area contributed by atoms with Crippen molar-refractivity contribution in [2.45, 2.75) is 50.3 Å². The molecule has 0 aliphatic heterocycles. The average molecular weight is 498 g/mol. The Kier molecular flexibility index (Phi) is 15.1. The first-order chi connectivity index (χ1) is 14.3. The minimum Gasteiger partial charge on any atom is -0.382 e. The molecule has 0 amide bonds. The van der Waals surface area contributed by atoms with Gasteiger partial charge in [-0.05, 0) is 13.8 Å². The third-order valence-corrected chi connectivity index (χ3v) is 5.54. The van der Waals surface area contributed by atoms with Crippen molar-refractivity contribution < 1.29 is 60.0 Å². The number of rotatable bonds is 18. The van der Waals surface area contributed by atoms with Crippen molar-refractivity contribution in [1.29, 1.82) is 0 Å². The average Bonchev–Trinajstić information content (AvgIpc) is 2.66. The van der Waals surface area contributed by atoms with Gasteiger partial charge in [-0.1, -0.05) is 0 Å². The lowest BCUT2D eigenvalue weighted by Gasteiger charge is -2.30. The van der Waals surface area contributed by atoms with Crippen LogP contribution in [0.5, 0.6) is 0 Å². The first-order valence-electron chi connectivity index (χ1n) is 9.45. The highest BCUT2D eigenvalue weighted by molar-refractivity contribution is 7.47. The third-order valence-electron chi connectivity index (χ3n) is 3.53. The summed E-state index contributed by atoms with van der Waals surface area (Å²) in [5, 5.41) is 0.